The third-order valence-corrected chi connectivity index (χ3v) is 3.83. The lowest BCUT2D eigenvalue weighted by molar-refractivity contribution is -0.137. The first-order chi connectivity index (χ1) is 10.4. The minimum Gasteiger partial charge on any atom is -0.478 e. The van der Waals surface area contributed by atoms with Crippen molar-refractivity contribution in [1.29, 1.82) is 0 Å². The number of benzene rings is 1. The van der Waals surface area contributed by atoms with Gasteiger partial charge in [0.1, 0.15) is 11.8 Å². The van der Waals surface area contributed by atoms with Gasteiger partial charge in [0.15, 0.2) is 5.60 Å². The van der Waals surface area contributed by atoms with Crippen LogP contribution < -0.4 is 15.4 Å². The third kappa shape index (κ3) is 4.37. The van der Waals surface area contributed by atoms with Gasteiger partial charge in [-0.05, 0) is 57.4 Å². The number of rotatable bonds is 4. The first kappa shape index (κ1) is 16.6. The minimum absolute atomic E-state index is 0.131. The summed E-state index contributed by atoms with van der Waals surface area (Å²) in [4.78, 5) is 24.3. The van der Waals surface area contributed by atoms with Gasteiger partial charge < -0.3 is 15.4 Å². The molecule has 2 N–H and O–H groups in total. The molecule has 6 heteroatoms. The number of hydrogen-bond acceptors (Lipinski definition) is 3. The quantitative estimate of drug-likeness (QED) is 0.893. The van der Waals surface area contributed by atoms with Gasteiger partial charge in [-0.3, -0.25) is 9.59 Å². The van der Waals surface area contributed by atoms with E-state index in [0.29, 0.717) is 23.7 Å². The first-order valence-electron chi connectivity index (χ1n) is 7.42. The minimum atomic E-state index is -1.08. The van der Waals surface area contributed by atoms with Crippen LogP contribution in [0.3, 0.4) is 0 Å². The summed E-state index contributed by atoms with van der Waals surface area (Å²) >= 11 is 5.83. The number of carbonyl (C=O) groups is 2. The zero-order chi connectivity index (χ0) is 16.2. The Kier molecular flexibility index (Phi) is 5.29. The molecule has 22 heavy (non-hydrogen) atoms. The molecule has 0 bridgehead atoms. The molecule has 1 aliphatic heterocycles. The predicted octanol–water partition coefficient (Wildman–Crippen LogP) is 2.28. The van der Waals surface area contributed by atoms with Crippen molar-refractivity contribution in [2.75, 3.05) is 6.54 Å². The van der Waals surface area contributed by atoms with E-state index in [2.05, 4.69) is 10.6 Å². The number of ether oxygens (including phenoxy) is 1. The zero-order valence-electron chi connectivity index (χ0n) is 12.8. The smallest absolute Gasteiger partial charge is 0.264 e. The monoisotopic (exact) mass is 324 g/mol. The van der Waals surface area contributed by atoms with Crippen LogP contribution in [0.2, 0.25) is 5.02 Å². The molecular formula is C16H21ClN2O3. The van der Waals surface area contributed by atoms with Crippen LogP contribution in [0, 0.1) is 0 Å². The summed E-state index contributed by atoms with van der Waals surface area (Å²) in [6.45, 7) is 4.01. The summed E-state index contributed by atoms with van der Waals surface area (Å²) < 4.78 is 5.72. The van der Waals surface area contributed by atoms with Crippen LogP contribution in [-0.2, 0) is 9.59 Å². The summed E-state index contributed by atoms with van der Waals surface area (Å²) in [5, 5.41) is 6.18. The van der Waals surface area contributed by atoms with E-state index >= 15 is 0 Å². The Morgan fingerprint density at radius 1 is 1.32 bits per heavy atom. The van der Waals surface area contributed by atoms with Crippen LogP contribution in [0.15, 0.2) is 24.3 Å². The summed E-state index contributed by atoms with van der Waals surface area (Å²) in [6.07, 6.45) is 2.49. The normalized spacial score (nSPS) is 19.0. The summed E-state index contributed by atoms with van der Waals surface area (Å²) in [5.74, 6) is 0.104. The average molecular weight is 325 g/mol. The second-order valence-corrected chi connectivity index (χ2v) is 6.32. The first-order valence-corrected chi connectivity index (χ1v) is 7.79. The molecule has 1 fully saturated rings. The predicted molar refractivity (Wildman–Crippen MR) is 85.0 cm³/mol. The molecule has 1 atom stereocenters. The van der Waals surface area contributed by atoms with Crippen molar-refractivity contribution in [2.24, 2.45) is 0 Å². The van der Waals surface area contributed by atoms with E-state index < -0.39 is 11.6 Å². The van der Waals surface area contributed by atoms with Gasteiger partial charge in [0.05, 0.1) is 0 Å². The molecule has 1 saturated heterocycles. The zero-order valence-corrected chi connectivity index (χ0v) is 13.6. The van der Waals surface area contributed by atoms with Gasteiger partial charge in [-0.2, -0.15) is 0 Å². The lowest BCUT2D eigenvalue weighted by Crippen LogP contribution is -2.53. The van der Waals surface area contributed by atoms with Gasteiger partial charge in [-0.15, -0.1) is 0 Å². The van der Waals surface area contributed by atoms with E-state index in [9.17, 15) is 9.59 Å². The highest BCUT2D eigenvalue weighted by atomic mass is 35.5. The fourth-order valence-corrected chi connectivity index (χ4v) is 2.38. The molecule has 1 aliphatic rings. The van der Waals surface area contributed by atoms with Crippen LogP contribution in [0.4, 0.5) is 0 Å². The molecule has 0 spiro atoms. The Morgan fingerprint density at radius 2 is 2.00 bits per heavy atom. The Balaban J connectivity index is 1.99. The Morgan fingerprint density at radius 3 is 2.68 bits per heavy atom. The molecule has 0 radical (unpaired) electrons. The molecule has 120 valence electrons. The summed E-state index contributed by atoms with van der Waals surface area (Å²) in [5.41, 5.74) is -1.08. The molecule has 5 nitrogen and oxygen atoms in total. The maximum absolute atomic E-state index is 12.4. The van der Waals surface area contributed by atoms with Gasteiger partial charge in [-0.25, -0.2) is 0 Å². The number of hydrogen-bond donors (Lipinski definition) is 2. The number of amides is 2. The molecule has 2 rings (SSSR count). The standard InChI is InChI=1S/C16H21ClN2O3/c1-16(2,22-12-8-6-11(17)7-9-12)15(21)19-13-5-3-4-10-18-14(13)20/h6-9,13H,3-5,10H2,1-2H3,(H,18,20)(H,19,21)/t13-/m0/s1. The van der Waals surface area contributed by atoms with Crippen LogP contribution in [0.1, 0.15) is 33.1 Å². The molecule has 2 amide bonds. The van der Waals surface area contributed by atoms with Gasteiger partial charge in [0.25, 0.3) is 5.91 Å². The van der Waals surface area contributed by atoms with E-state index in [1.807, 2.05) is 0 Å². The maximum Gasteiger partial charge on any atom is 0.264 e. The van der Waals surface area contributed by atoms with Crippen LogP contribution in [-0.4, -0.2) is 30.0 Å². The Hall–Kier alpha value is -1.75. The van der Waals surface area contributed by atoms with Crippen LogP contribution in [0.25, 0.3) is 0 Å². The molecule has 1 aromatic carbocycles. The van der Waals surface area contributed by atoms with Crippen LogP contribution >= 0.6 is 11.6 Å². The summed E-state index contributed by atoms with van der Waals surface area (Å²) in [6, 6.07) is 6.31. The lowest BCUT2D eigenvalue weighted by atomic mass is 10.1. The average Bonchev–Trinajstić information content (AvgIpc) is 2.66. The molecule has 0 aliphatic carbocycles. The van der Waals surface area contributed by atoms with E-state index in [1.54, 1.807) is 38.1 Å². The highest BCUT2D eigenvalue weighted by Crippen LogP contribution is 2.21. The number of halogens is 1. The van der Waals surface area contributed by atoms with Gasteiger partial charge in [-0.1, -0.05) is 11.6 Å². The highest BCUT2D eigenvalue weighted by molar-refractivity contribution is 6.30. The molecule has 0 saturated carbocycles. The van der Waals surface area contributed by atoms with Gasteiger partial charge in [0.2, 0.25) is 5.91 Å². The molecular weight excluding hydrogens is 304 g/mol. The maximum atomic E-state index is 12.4. The number of carbonyl (C=O) groups excluding carboxylic acids is 2. The molecule has 0 aromatic heterocycles. The molecule has 0 unspecified atom stereocenters. The van der Waals surface area contributed by atoms with Crippen LogP contribution in [0.5, 0.6) is 5.75 Å². The van der Waals surface area contributed by atoms with Crippen molar-refractivity contribution in [2.45, 2.75) is 44.8 Å². The van der Waals surface area contributed by atoms with Crippen molar-refractivity contribution < 1.29 is 14.3 Å². The molecule has 1 aromatic rings. The SMILES string of the molecule is CC(C)(Oc1ccc(Cl)cc1)C(=O)N[C@H]1CCCCNC1=O. The fourth-order valence-electron chi connectivity index (χ4n) is 2.25. The van der Waals surface area contributed by atoms with Gasteiger partial charge >= 0.3 is 0 Å². The van der Waals surface area contributed by atoms with Crippen molar-refractivity contribution in [3.8, 4) is 5.75 Å². The number of nitrogens with one attached hydrogen (secondary N) is 2. The van der Waals surface area contributed by atoms with Crippen molar-refractivity contribution in [3.63, 3.8) is 0 Å². The Bertz CT molecular complexity index is 543. The van der Waals surface area contributed by atoms with Crippen molar-refractivity contribution in [3.05, 3.63) is 29.3 Å². The topological polar surface area (TPSA) is 67.4 Å². The van der Waals surface area contributed by atoms with E-state index in [4.69, 9.17) is 16.3 Å². The van der Waals surface area contributed by atoms with Crippen molar-refractivity contribution in [1.82, 2.24) is 10.6 Å². The fraction of sp³-hybridized carbons (Fsp3) is 0.500. The van der Waals surface area contributed by atoms with Crippen molar-refractivity contribution >= 4 is 23.4 Å². The molecule has 1 heterocycles. The largest absolute Gasteiger partial charge is 0.478 e. The Labute approximate surface area is 135 Å². The third-order valence-electron chi connectivity index (χ3n) is 3.57. The second kappa shape index (κ2) is 7.01. The van der Waals surface area contributed by atoms with E-state index in [0.717, 1.165) is 12.8 Å². The highest BCUT2D eigenvalue weighted by Gasteiger charge is 2.33. The van der Waals surface area contributed by atoms with Gasteiger partial charge in [0, 0.05) is 11.6 Å². The van der Waals surface area contributed by atoms with E-state index in [-0.39, 0.29) is 11.8 Å². The summed E-state index contributed by atoms with van der Waals surface area (Å²) in [7, 11) is 0. The van der Waals surface area contributed by atoms with E-state index in [1.165, 1.54) is 0 Å². The second-order valence-electron chi connectivity index (χ2n) is 5.88. The lowest BCUT2D eigenvalue weighted by Gasteiger charge is -2.27.